The molecule has 3 nitrogen and oxygen atoms in total. The Kier molecular flexibility index (Phi) is 1.72. The molecule has 3 heteroatoms. The number of rotatable bonds is 1. The molecule has 0 amide bonds. The van der Waals surface area contributed by atoms with Gasteiger partial charge in [-0.15, -0.1) is 0 Å². The van der Waals surface area contributed by atoms with E-state index in [1.165, 1.54) is 5.57 Å². The predicted molar refractivity (Wildman–Crippen MR) is 38.3 cm³/mol. The van der Waals surface area contributed by atoms with Crippen LogP contribution in [0.4, 0.5) is 0 Å². The summed E-state index contributed by atoms with van der Waals surface area (Å²) in [5.74, 6) is 0. The Morgan fingerprint density at radius 3 is 3.00 bits per heavy atom. The van der Waals surface area contributed by atoms with Crippen LogP contribution in [0.5, 0.6) is 0 Å². The maximum Gasteiger partial charge on any atom is 0.0836 e. The van der Waals surface area contributed by atoms with Crippen molar-refractivity contribution in [3.05, 3.63) is 11.8 Å². The quantitative estimate of drug-likeness (QED) is 0.486. The molecule has 0 unspecified atom stereocenters. The van der Waals surface area contributed by atoms with Gasteiger partial charge in [0, 0.05) is 13.2 Å². The summed E-state index contributed by atoms with van der Waals surface area (Å²) in [7, 11) is 1.80. The zero-order valence-corrected chi connectivity index (χ0v) is 5.73. The predicted octanol–water partition coefficient (Wildman–Crippen LogP) is 0.0688. The minimum absolute atomic E-state index is 0.854. The topological polar surface area (TPSA) is 36.4 Å². The third-order valence-electron chi connectivity index (χ3n) is 1.29. The lowest BCUT2D eigenvalue weighted by atomic mass is 10.2. The van der Waals surface area contributed by atoms with Crippen molar-refractivity contribution in [3.8, 4) is 0 Å². The minimum atomic E-state index is 0.854. The molecule has 50 valence electrons. The van der Waals surface area contributed by atoms with E-state index in [0.717, 1.165) is 12.3 Å². The Hall–Kier alpha value is -0.990. The van der Waals surface area contributed by atoms with Crippen LogP contribution in [0.1, 0.15) is 6.92 Å². The number of hydrogen-bond donors (Lipinski definition) is 2. The fourth-order valence-corrected chi connectivity index (χ4v) is 0.786. The van der Waals surface area contributed by atoms with Crippen LogP contribution in [0.2, 0.25) is 0 Å². The molecule has 1 aliphatic heterocycles. The summed E-state index contributed by atoms with van der Waals surface area (Å²) in [6, 6.07) is 0. The van der Waals surface area contributed by atoms with Crippen LogP contribution in [0.15, 0.2) is 16.9 Å². The van der Waals surface area contributed by atoms with Gasteiger partial charge in [-0.1, -0.05) is 0 Å². The number of nitrogens with zero attached hydrogens (tertiary/aromatic N) is 1. The highest BCUT2D eigenvalue weighted by molar-refractivity contribution is 6.02. The zero-order chi connectivity index (χ0) is 6.69. The van der Waals surface area contributed by atoms with E-state index < -0.39 is 0 Å². The highest BCUT2D eigenvalue weighted by Crippen LogP contribution is 1.99. The molecule has 0 bridgehead atoms. The van der Waals surface area contributed by atoms with Crippen LogP contribution in [-0.2, 0) is 0 Å². The molecule has 0 aromatic carbocycles. The van der Waals surface area contributed by atoms with Crippen molar-refractivity contribution in [1.82, 2.24) is 10.7 Å². The van der Waals surface area contributed by atoms with Crippen molar-refractivity contribution in [2.45, 2.75) is 6.92 Å². The molecule has 1 heterocycles. The Labute approximate surface area is 54.8 Å². The molecule has 2 N–H and O–H groups in total. The summed E-state index contributed by atoms with van der Waals surface area (Å²) in [6.45, 7) is 2.89. The van der Waals surface area contributed by atoms with E-state index in [1.54, 1.807) is 7.05 Å². The third-order valence-corrected chi connectivity index (χ3v) is 1.29. The van der Waals surface area contributed by atoms with Gasteiger partial charge in [-0.2, -0.15) is 5.10 Å². The molecule has 1 aliphatic rings. The van der Waals surface area contributed by atoms with E-state index in [2.05, 4.69) is 15.8 Å². The smallest absolute Gasteiger partial charge is 0.0836 e. The second kappa shape index (κ2) is 2.53. The van der Waals surface area contributed by atoms with Gasteiger partial charge in [0.15, 0.2) is 0 Å². The number of hydrazone groups is 1. The first-order valence-corrected chi connectivity index (χ1v) is 2.98. The van der Waals surface area contributed by atoms with Crippen LogP contribution < -0.4 is 10.7 Å². The highest BCUT2D eigenvalue weighted by Gasteiger charge is 2.06. The van der Waals surface area contributed by atoms with Gasteiger partial charge in [0.05, 0.1) is 12.3 Å². The standard InChI is InChI=1S/C6H11N3/c1-5-3-8-4-6(5)9-7-2/h3,7-8H,4H2,1-2H3/b9-6+. The van der Waals surface area contributed by atoms with E-state index in [9.17, 15) is 0 Å². The lowest BCUT2D eigenvalue weighted by Crippen LogP contribution is -2.12. The fraction of sp³-hybridized carbons (Fsp3) is 0.500. The Morgan fingerprint density at radius 1 is 1.78 bits per heavy atom. The maximum atomic E-state index is 4.04. The van der Waals surface area contributed by atoms with E-state index >= 15 is 0 Å². The van der Waals surface area contributed by atoms with Gasteiger partial charge < -0.3 is 10.7 Å². The molecule has 1 rings (SSSR count). The second-order valence-corrected chi connectivity index (χ2v) is 1.99. The van der Waals surface area contributed by atoms with Crippen LogP contribution in [0.3, 0.4) is 0 Å². The first kappa shape index (κ1) is 6.13. The van der Waals surface area contributed by atoms with Crippen LogP contribution in [0, 0.1) is 0 Å². The summed E-state index contributed by atoms with van der Waals surface area (Å²) >= 11 is 0. The van der Waals surface area contributed by atoms with Crippen LogP contribution >= 0.6 is 0 Å². The van der Waals surface area contributed by atoms with Gasteiger partial charge in [0.1, 0.15) is 0 Å². The Morgan fingerprint density at radius 2 is 2.56 bits per heavy atom. The molecule has 0 aromatic heterocycles. The fourth-order valence-electron chi connectivity index (χ4n) is 0.786. The van der Waals surface area contributed by atoms with Gasteiger partial charge in [-0.05, 0) is 12.5 Å². The van der Waals surface area contributed by atoms with Gasteiger partial charge in [0.2, 0.25) is 0 Å². The highest BCUT2D eigenvalue weighted by atomic mass is 15.3. The van der Waals surface area contributed by atoms with Crippen LogP contribution in [0.25, 0.3) is 0 Å². The largest absolute Gasteiger partial charge is 0.385 e. The number of nitrogens with one attached hydrogen (secondary N) is 2. The van der Waals surface area contributed by atoms with Crippen LogP contribution in [-0.4, -0.2) is 19.3 Å². The molecule has 0 aromatic rings. The normalized spacial score (nSPS) is 21.6. The zero-order valence-electron chi connectivity index (χ0n) is 5.73. The Balaban J connectivity index is 2.62. The monoisotopic (exact) mass is 125 g/mol. The van der Waals surface area contributed by atoms with Gasteiger partial charge in [-0.25, -0.2) is 0 Å². The molecule has 9 heavy (non-hydrogen) atoms. The number of hydrogen-bond acceptors (Lipinski definition) is 3. The van der Waals surface area contributed by atoms with E-state index in [-0.39, 0.29) is 0 Å². The lowest BCUT2D eigenvalue weighted by Gasteiger charge is -1.94. The van der Waals surface area contributed by atoms with Crippen molar-refractivity contribution in [3.63, 3.8) is 0 Å². The summed E-state index contributed by atoms with van der Waals surface area (Å²) in [6.07, 6.45) is 1.97. The molecule has 0 aliphatic carbocycles. The average molecular weight is 125 g/mol. The van der Waals surface area contributed by atoms with Crippen molar-refractivity contribution in [2.75, 3.05) is 13.6 Å². The maximum absolute atomic E-state index is 4.04. The van der Waals surface area contributed by atoms with Gasteiger partial charge >= 0.3 is 0 Å². The molecular formula is C6H11N3. The second-order valence-electron chi connectivity index (χ2n) is 1.99. The van der Waals surface area contributed by atoms with Gasteiger partial charge in [-0.3, -0.25) is 0 Å². The summed E-state index contributed by atoms with van der Waals surface area (Å²) in [5, 5.41) is 7.11. The van der Waals surface area contributed by atoms with E-state index in [4.69, 9.17) is 0 Å². The van der Waals surface area contributed by atoms with Crippen molar-refractivity contribution < 1.29 is 0 Å². The summed E-state index contributed by atoms with van der Waals surface area (Å²) in [5.41, 5.74) is 5.05. The molecule has 0 radical (unpaired) electrons. The summed E-state index contributed by atoms with van der Waals surface area (Å²) in [4.78, 5) is 0. The minimum Gasteiger partial charge on any atom is -0.385 e. The van der Waals surface area contributed by atoms with Gasteiger partial charge in [0.25, 0.3) is 0 Å². The summed E-state index contributed by atoms with van der Waals surface area (Å²) < 4.78 is 0. The average Bonchev–Trinajstić information content (AvgIpc) is 2.18. The first-order chi connectivity index (χ1) is 4.34. The molecule has 0 spiro atoms. The molecular weight excluding hydrogens is 114 g/mol. The molecule has 0 saturated heterocycles. The third kappa shape index (κ3) is 1.22. The lowest BCUT2D eigenvalue weighted by molar-refractivity contribution is 0.891. The van der Waals surface area contributed by atoms with Crippen molar-refractivity contribution in [2.24, 2.45) is 5.10 Å². The van der Waals surface area contributed by atoms with Crippen molar-refractivity contribution >= 4 is 5.71 Å². The van der Waals surface area contributed by atoms with E-state index in [0.29, 0.717) is 0 Å². The first-order valence-electron chi connectivity index (χ1n) is 2.98. The van der Waals surface area contributed by atoms with Crippen molar-refractivity contribution in [1.29, 1.82) is 0 Å². The molecule has 0 atom stereocenters. The molecule has 0 fully saturated rings. The van der Waals surface area contributed by atoms with E-state index in [1.807, 2.05) is 13.1 Å². The molecule has 0 saturated carbocycles. The SMILES string of the molecule is CN/N=C1\CNC=C1C. The Bertz CT molecular complexity index is 158.